The Kier molecular flexibility index (Phi) is 2.37. The summed E-state index contributed by atoms with van der Waals surface area (Å²) in [4.78, 5) is 11.6. The SMILES string of the molecule is Cc1c(N([O-])O)oc2c1C(=O)NCCC2. The topological polar surface area (TPSA) is 88.8 Å². The summed E-state index contributed by atoms with van der Waals surface area (Å²) in [5, 5.41) is 21.8. The summed E-state index contributed by atoms with van der Waals surface area (Å²) in [6.45, 7) is 2.17. The minimum atomic E-state index is -0.350. The normalized spacial score (nSPS) is 15.5. The molecular weight excluding hydrogens is 200 g/mol. The van der Waals surface area contributed by atoms with E-state index in [2.05, 4.69) is 5.32 Å². The van der Waals surface area contributed by atoms with Crippen molar-refractivity contribution in [1.29, 1.82) is 0 Å². The lowest BCUT2D eigenvalue weighted by Gasteiger charge is -2.18. The number of nitrogens with zero attached hydrogens (tertiary/aromatic N) is 1. The molecule has 0 saturated heterocycles. The zero-order valence-corrected chi connectivity index (χ0v) is 8.24. The van der Waals surface area contributed by atoms with E-state index < -0.39 is 0 Å². The van der Waals surface area contributed by atoms with Crippen molar-refractivity contribution in [3.63, 3.8) is 0 Å². The van der Waals surface area contributed by atoms with Gasteiger partial charge in [-0.2, -0.15) is 0 Å². The van der Waals surface area contributed by atoms with E-state index in [1.54, 1.807) is 6.92 Å². The Hall–Kier alpha value is -1.53. The van der Waals surface area contributed by atoms with Crippen LogP contribution in [0.5, 0.6) is 0 Å². The van der Waals surface area contributed by atoms with Gasteiger partial charge in [-0.3, -0.25) is 15.2 Å². The van der Waals surface area contributed by atoms with Gasteiger partial charge in [-0.05, 0) is 13.3 Å². The number of hydrogen-bond acceptors (Lipinski definition) is 5. The summed E-state index contributed by atoms with van der Waals surface area (Å²) in [6, 6.07) is 0. The van der Waals surface area contributed by atoms with Gasteiger partial charge in [0.15, 0.2) is 0 Å². The summed E-state index contributed by atoms with van der Waals surface area (Å²) < 4.78 is 5.15. The average Bonchev–Trinajstić information content (AvgIpc) is 2.38. The van der Waals surface area contributed by atoms with Crippen molar-refractivity contribution >= 4 is 11.8 Å². The number of rotatable bonds is 1. The number of furan rings is 1. The highest BCUT2D eigenvalue weighted by Crippen LogP contribution is 2.30. The molecule has 0 unspecified atom stereocenters. The van der Waals surface area contributed by atoms with Gasteiger partial charge in [0.05, 0.1) is 5.56 Å². The molecule has 2 N–H and O–H groups in total. The largest absolute Gasteiger partial charge is 0.731 e. The monoisotopic (exact) mass is 211 g/mol. The van der Waals surface area contributed by atoms with E-state index in [1.165, 1.54) is 0 Å². The van der Waals surface area contributed by atoms with E-state index in [-0.39, 0.29) is 17.0 Å². The Morgan fingerprint density at radius 1 is 1.60 bits per heavy atom. The third kappa shape index (κ3) is 1.57. The van der Waals surface area contributed by atoms with Crippen LogP contribution in [-0.4, -0.2) is 17.7 Å². The van der Waals surface area contributed by atoms with Crippen molar-refractivity contribution in [3.8, 4) is 0 Å². The first-order chi connectivity index (χ1) is 7.11. The number of nitrogens with one attached hydrogen (secondary N) is 1. The molecule has 6 nitrogen and oxygen atoms in total. The molecular formula is C9H11N2O4-. The predicted molar refractivity (Wildman–Crippen MR) is 51.7 cm³/mol. The van der Waals surface area contributed by atoms with Gasteiger partial charge in [0, 0.05) is 18.5 Å². The van der Waals surface area contributed by atoms with Gasteiger partial charge in [-0.25, -0.2) is 0 Å². The van der Waals surface area contributed by atoms with Crippen LogP contribution >= 0.6 is 0 Å². The van der Waals surface area contributed by atoms with Crippen molar-refractivity contribution in [2.24, 2.45) is 0 Å². The summed E-state index contributed by atoms with van der Waals surface area (Å²) in [5.41, 5.74) is 0.749. The second kappa shape index (κ2) is 3.56. The first kappa shape index (κ1) is 10.0. The number of carbonyl (C=O) groups is 1. The van der Waals surface area contributed by atoms with Gasteiger partial charge < -0.3 is 14.9 Å². The van der Waals surface area contributed by atoms with Crippen LogP contribution in [0.1, 0.15) is 28.1 Å². The molecule has 1 aliphatic heterocycles. The maximum Gasteiger partial charge on any atom is 0.255 e. The van der Waals surface area contributed by atoms with E-state index in [4.69, 9.17) is 9.62 Å². The van der Waals surface area contributed by atoms with E-state index in [0.29, 0.717) is 29.9 Å². The molecule has 82 valence electrons. The highest BCUT2D eigenvalue weighted by molar-refractivity contribution is 5.98. The zero-order chi connectivity index (χ0) is 11.0. The lowest BCUT2D eigenvalue weighted by Crippen LogP contribution is -2.23. The summed E-state index contributed by atoms with van der Waals surface area (Å²) in [5.74, 6) is 0.00120. The van der Waals surface area contributed by atoms with Gasteiger partial charge in [-0.15, -0.1) is 0 Å². The Labute approximate surface area is 86.0 Å². The highest BCUT2D eigenvalue weighted by Gasteiger charge is 2.24. The first-order valence-electron chi connectivity index (χ1n) is 4.68. The smallest absolute Gasteiger partial charge is 0.255 e. The number of hydrogen-bond donors (Lipinski definition) is 2. The van der Waals surface area contributed by atoms with Crippen molar-refractivity contribution in [2.45, 2.75) is 19.8 Å². The molecule has 0 atom stereocenters. The summed E-state index contributed by atoms with van der Waals surface area (Å²) in [7, 11) is 0. The van der Waals surface area contributed by atoms with Gasteiger partial charge in [0.2, 0.25) is 5.88 Å². The lowest BCUT2D eigenvalue weighted by molar-refractivity contribution is 0.0955. The van der Waals surface area contributed by atoms with Crippen LogP contribution < -0.4 is 10.5 Å². The van der Waals surface area contributed by atoms with Crippen LogP contribution in [0.4, 0.5) is 5.88 Å². The quantitative estimate of drug-likeness (QED) is 0.675. The first-order valence-corrected chi connectivity index (χ1v) is 4.68. The second-order valence-electron chi connectivity index (χ2n) is 3.46. The summed E-state index contributed by atoms with van der Waals surface area (Å²) in [6.07, 6.45) is 1.35. The van der Waals surface area contributed by atoms with Crippen LogP contribution in [0.25, 0.3) is 0 Å². The minimum absolute atomic E-state index is 0.211. The number of amides is 1. The fraction of sp³-hybridized carbons (Fsp3) is 0.444. The molecule has 1 aromatic heterocycles. The van der Waals surface area contributed by atoms with Gasteiger partial charge in [0.1, 0.15) is 5.76 Å². The van der Waals surface area contributed by atoms with Crippen molar-refractivity contribution < 1.29 is 14.4 Å². The molecule has 6 heteroatoms. The van der Waals surface area contributed by atoms with E-state index in [9.17, 15) is 10.0 Å². The highest BCUT2D eigenvalue weighted by atomic mass is 16.8. The van der Waals surface area contributed by atoms with E-state index in [0.717, 1.165) is 6.42 Å². The number of aryl methyl sites for hydroxylation is 1. The van der Waals surface area contributed by atoms with Crippen LogP contribution in [0.3, 0.4) is 0 Å². The standard InChI is InChI=1S/C9H11N2O4/c1-5-7-6(15-9(5)11(13)14)3-2-4-10-8(7)12/h13H,2-4H2,1H3,(H,10,12)/q-1. The fourth-order valence-corrected chi connectivity index (χ4v) is 1.76. The maximum absolute atomic E-state index is 11.6. The number of anilines is 1. The fourth-order valence-electron chi connectivity index (χ4n) is 1.76. The average molecular weight is 211 g/mol. The molecule has 0 radical (unpaired) electrons. The molecule has 0 fully saturated rings. The third-order valence-corrected chi connectivity index (χ3v) is 2.46. The maximum atomic E-state index is 11.6. The van der Waals surface area contributed by atoms with Crippen LogP contribution in [0.15, 0.2) is 4.42 Å². The molecule has 0 bridgehead atoms. The van der Waals surface area contributed by atoms with Gasteiger partial charge in [0.25, 0.3) is 5.91 Å². The second-order valence-corrected chi connectivity index (χ2v) is 3.46. The zero-order valence-electron chi connectivity index (χ0n) is 8.24. The molecule has 1 aromatic rings. The van der Waals surface area contributed by atoms with Gasteiger partial charge in [-0.1, -0.05) is 0 Å². The van der Waals surface area contributed by atoms with Gasteiger partial charge >= 0.3 is 0 Å². The van der Waals surface area contributed by atoms with Crippen molar-refractivity contribution in [1.82, 2.24) is 5.32 Å². The van der Waals surface area contributed by atoms with Crippen molar-refractivity contribution in [3.05, 3.63) is 22.1 Å². The van der Waals surface area contributed by atoms with E-state index >= 15 is 0 Å². The molecule has 15 heavy (non-hydrogen) atoms. The number of fused-ring (bicyclic) bond motifs is 1. The molecule has 2 rings (SSSR count). The van der Waals surface area contributed by atoms with Crippen molar-refractivity contribution in [2.75, 3.05) is 11.8 Å². The van der Waals surface area contributed by atoms with E-state index in [1.807, 2.05) is 0 Å². The Morgan fingerprint density at radius 3 is 3.00 bits per heavy atom. The Bertz CT molecular complexity index is 397. The molecule has 0 aromatic carbocycles. The molecule has 1 amide bonds. The Balaban J connectivity index is 2.52. The Morgan fingerprint density at radius 2 is 2.33 bits per heavy atom. The summed E-state index contributed by atoms with van der Waals surface area (Å²) >= 11 is 0. The predicted octanol–water partition coefficient (Wildman–Crippen LogP) is 0.957. The molecule has 1 aliphatic rings. The van der Waals surface area contributed by atoms with Crippen LogP contribution in [0, 0.1) is 12.1 Å². The van der Waals surface area contributed by atoms with Crippen LogP contribution in [-0.2, 0) is 6.42 Å². The molecule has 0 saturated carbocycles. The molecule has 0 aliphatic carbocycles. The minimum Gasteiger partial charge on any atom is -0.731 e. The molecule has 0 spiro atoms. The third-order valence-electron chi connectivity index (χ3n) is 2.46. The lowest BCUT2D eigenvalue weighted by atomic mass is 10.1. The molecule has 2 heterocycles. The number of carbonyl (C=O) groups excluding carboxylic acids is 1. The van der Waals surface area contributed by atoms with Crippen LogP contribution in [0.2, 0.25) is 0 Å².